The highest BCUT2D eigenvalue weighted by molar-refractivity contribution is 7.99. The topological polar surface area (TPSA) is 65.5 Å². The second-order valence-electron chi connectivity index (χ2n) is 8.51. The first-order valence-corrected chi connectivity index (χ1v) is 12.4. The van der Waals surface area contributed by atoms with Crippen LogP contribution in [0.15, 0.2) is 76.8 Å². The zero-order valence-corrected chi connectivity index (χ0v) is 20.5. The lowest BCUT2D eigenvalue weighted by Crippen LogP contribution is -2.38. The van der Waals surface area contributed by atoms with Crippen molar-refractivity contribution in [2.24, 2.45) is 0 Å². The van der Waals surface area contributed by atoms with E-state index in [2.05, 4.69) is 15.2 Å². The molecule has 1 fully saturated rings. The van der Waals surface area contributed by atoms with Gasteiger partial charge in [-0.2, -0.15) is 0 Å². The number of carbonyl (C=O) groups is 2. The number of aromatic nitrogens is 1. The van der Waals surface area contributed by atoms with Crippen LogP contribution in [0.5, 0.6) is 0 Å². The van der Waals surface area contributed by atoms with Crippen molar-refractivity contribution in [1.82, 2.24) is 14.8 Å². The zero-order chi connectivity index (χ0) is 23.9. The number of amides is 2. The van der Waals surface area contributed by atoms with Crippen molar-refractivity contribution in [3.63, 3.8) is 0 Å². The van der Waals surface area contributed by atoms with Gasteiger partial charge in [-0.05, 0) is 55.7 Å². The highest BCUT2D eigenvalue weighted by atomic mass is 32.2. The van der Waals surface area contributed by atoms with Crippen LogP contribution in [0.3, 0.4) is 0 Å². The molecule has 2 amide bonds. The molecular formula is C27H30N4O2S. The van der Waals surface area contributed by atoms with E-state index in [1.54, 1.807) is 6.20 Å². The number of hydrogen-bond acceptors (Lipinski definition) is 5. The number of nitrogens with one attached hydrogen (secondary N) is 1. The molecule has 0 saturated carbocycles. The van der Waals surface area contributed by atoms with Crippen LogP contribution in [-0.4, -0.2) is 59.3 Å². The summed E-state index contributed by atoms with van der Waals surface area (Å²) in [5, 5.41) is 3.78. The van der Waals surface area contributed by atoms with Gasteiger partial charge < -0.3 is 10.2 Å². The molecule has 1 N–H and O–H groups in total. The molecule has 0 unspecified atom stereocenters. The molecule has 0 aliphatic carbocycles. The quantitative estimate of drug-likeness (QED) is 0.564. The van der Waals surface area contributed by atoms with Crippen LogP contribution in [-0.2, 0) is 4.79 Å². The molecule has 3 aromatic rings. The van der Waals surface area contributed by atoms with Crippen molar-refractivity contribution in [3.05, 3.63) is 83.6 Å². The Morgan fingerprint density at radius 3 is 2.44 bits per heavy atom. The summed E-state index contributed by atoms with van der Waals surface area (Å²) in [4.78, 5) is 35.6. The van der Waals surface area contributed by atoms with Gasteiger partial charge in [0.1, 0.15) is 5.03 Å². The van der Waals surface area contributed by atoms with E-state index in [0.717, 1.165) is 34.7 Å². The number of anilines is 1. The molecule has 0 atom stereocenters. The van der Waals surface area contributed by atoms with Crippen LogP contribution in [0.1, 0.15) is 27.9 Å². The highest BCUT2D eigenvalue weighted by Crippen LogP contribution is 2.29. The largest absolute Gasteiger partial charge is 0.337 e. The zero-order valence-electron chi connectivity index (χ0n) is 19.7. The minimum Gasteiger partial charge on any atom is -0.337 e. The Labute approximate surface area is 205 Å². The molecule has 34 heavy (non-hydrogen) atoms. The lowest BCUT2D eigenvalue weighted by molar-refractivity contribution is -0.117. The molecular weight excluding hydrogens is 444 g/mol. The average Bonchev–Trinajstić information content (AvgIpc) is 3.08. The Hall–Kier alpha value is -3.16. The molecule has 2 aromatic carbocycles. The fraction of sp³-hybridized carbons (Fsp3) is 0.296. The number of benzene rings is 2. The van der Waals surface area contributed by atoms with E-state index in [9.17, 15) is 9.59 Å². The van der Waals surface area contributed by atoms with Crippen LogP contribution < -0.4 is 5.32 Å². The van der Waals surface area contributed by atoms with Gasteiger partial charge in [-0.3, -0.25) is 14.5 Å². The van der Waals surface area contributed by atoms with Crippen LogP contribution in [0, 0.1) is 13.8 Å². The van der Waals surface area contributed by atoms with Crippen molar-refractivity contribution in [3.8, 4) is 0 Å². The fourth-order valence-corrected chi connectivity index (χ4v) is 5.03. The predicted molar refractivity (Wildman–Crippen MR) is 136 cm³/mol. The monoisotopic (exact) mass is 474 g/mol. The van der Waals surface area contributed by atoms with Crippen molar-refractivity contribution in [2.75, 3.05) is 38.0 Å². The molecule has 7 heteroatoms. The Bertz CT molecular complexity index is 1130. The van der Waals surface area contributed by atoms with Gasteiger partial charge in [-0.15, -0.1) is 0 Å². The third-order valence-corrected chi connectivity index (χ3v) is 6.97. The summed E-state index contributed by atoms with van der Waals surface area (Å²) < 4.78 is 0. The smallest absolute Gasteiger partial charge is 0.256 e. The molecule has 176 valence electrons. The summed E-state index contributed by atoms with van der Waals surface area (Å²) in [7, 11) is 0. The molecule has 1 saturated heterocycles. The molecule has 1 aliphatic heterocycles. The minimum atomic E-state index is -0.0222. The van der Waals surface area contributed by atoms with Gasteiger partial charge in [0.15, 0.2) is 0 Å². The molecule has 0 bridgehead atoms. The van der Waals surface area contributed by atoms with Crippen LogP contribution in [0.25, 0.3) is 0 Å². The van der Waals surface area contributed by atoms with Crippen molar-refractivity contribution >= 4 is 29.3 Å². The highest BCUT2D eigenvalue weighted by Gasteiger charge is 2.24. The van der Waals surface area contributed by atoms with E-state index in [-0.39, 0.29) is 11.8 Å². The summed E-state index contributed by atoms with van der Waals surface area (Å²) in [5.41, 5.74) is 3.62. The number of hydrogen-bond donors (Lipinski definition) is 1. The van der Waals surface area contributed by atoms with Crippen LogP contribution in [0.2, 0.25) is 0 Å². The summed E-state index contributed by atoms with van der Waals surface area (Å²) >= 11 is 1.50. The Morgan fingerprint density at radius 1 is 0.912 bits per heavy atom. The van der Waals surface area contributed by atoms with E-state index >= 15 is 0 Å². The first-order chi connectivity index (χ1) is 16.5. The Balaban J connectivity index is 1.37. The van der Waals surface area contributed by atoms with Crippen molar-refractivity contribution in [2.45, 2.75) is 30.2 Å². The third kappa shape index (κ3) is 6.04. The van der Waals surface area contributed by atoms with Crippen molar-refractivity contribution < 1.29 is 9.59 Å². The van der Waals surface area contributed by atoms with Crippen molar-refractivity contribution in [1.29, 1.82) is 0 Å². The van der Waals surface area contributed by atoms with Gasteiger partial charge in [0, 0.05) is 43.0 Å². The van der Waals surface area contributed by atoms with Crippen LogP contribution in [0.4, 0.5) is 5.69 Å². The Kier molecular flexibility index (Phi) is 7.98. The number of pyridine rings is 1. The molecule has 0 spiro atoms. The Morgan fingerprint density at radius 2 is 1.68 bits per heavy atom. The maximum Gasteiger partial charge on any atom is 0.256 e. The van der Waals surface area contributed by atoms with Crippen LogP contribution >= 0.6 is 11.8 Å². The second kappa shape index (κ2) is 11.3. The first kappa shape index (κ1) is 24.0. The SMILES string of the molecule is Cc1cccc(C)c1NC(=O)CN1CCCN(C(=O)c2cccnc2Sc2ccccc2)CC1. The van der Waals surface area contributed by atoms with Gasteiger partial charge in [0.05, 0.1) is 12.1 Å². The summed E-state index contributed by atoms with van der Waals surface area (Å²) in [6.45, 7) is 7.01. The molecule has 1 aliphatic rings. The number of para-hydroxylation sites is 1. The summed E-state index contributed by atoms with van der Waals surface area (Å²) in [6, 6.07) is 19.6. The maximum atomic E-state index is 13.4. The molecule has 2 heterocycles. The van der Waals surface area contributed by atoms with Gasteiger partial charge in [0.25, 0.3) is 5.91 Å². The van der Waals surface area contributed by atoms with E-state index in [4.69, 9.17) is 0 Å². The molecule has 0 radical (unpaired) electrons. The molecule has 4 rings (SSSR count). The summed E-state index contributed by atoms with van der Waals surface area (Å²) in [6.07, 6.45) is 2.55. The number of nitrogens with zero attached hydrogens (tertiary/aromatic N) is 3. The predicted octanol–water partition coefficient (Wildman–Crippen LogP) is 4.64. The van der Waals surface area contributed by atoms with E-state index in [1.807, 2.05) is 79.4 Å². The van der Waals surface area contributed by atoms with E-state index in [0.29, 0.717) is 36.8 Å². The number of rotatable bonds is 6. The average molecular weight is 475 g/mol. The molecule has 1 aromatic heterocycles. The standard InChI is InChI=1S/C27H30N4O2S/c1-20-9-6-10-21(2)25(20)29-24(32)19-30-15-8-16-31(18-17-30)27(33)23-13-7-14-28-26(23)34-22-11-4-3-5-12-22/h3-7,9-14H,8,15-19H2,1-2H3,(H,29,32). The lowest BCUT2D eigenvalue weighted by Gasteiger charge is -2.22. The normalized spacial score (nSPS) is 14.5. The maximum absolute atomic E-state index is 13.4. The van der Waals surface area contributed by atoms with Gasteiger partial charge >= 0.3 is 0 Å². The fourth-order valence-electron chi connectivity index (χ4n) is 4.13. The van der Waals surface area contributed by atoms with E-state index < -0.39 is 0 Å². The first-order valence-electron chi connectivity index (χ1n) is 11.6. The second-order valence-corrected chi connectivity index (χ2v) is 9.57. The third-order valence-electron chi connectivity index (χ3n) is 5.95. The van der Waals surface area contributed by atoms with Gasteiger partial charge in [-0.1, -0.05) is 48.2 Å². The lowest BCUT2D eigenvalue weighted by atomic mass is 10.1. The van der Waals surface area contributed by atoms with E-state index in [1.165, 1.54) is 11.8 Å². The number of aryl methyl sites for hydroxylation is 2. The molecule has 6 nitrogen and oxygen atoms in total. The summed E-state index contributed by atoms with van der Waals surface area (Å²) in [5.74, 6) is -0.0284. The minimum absolute atomic E-state index is 0.00614. The van der Waals surface area contributed by atoms with Gasteiger partial charge in [-0.25, -0.2) is 4.98 Å². The van der Waals surface area contributed by atoms with Gasteiger partial charge in [0.2, 0.25) is 5.91 Å². The number of carbonyl (C=O) groups excluding carboxylic acids is 2.